The first-order valence-corrected chi connectivity index (χ1v) is 7.79. The molecular weight excluding hydrogens is 344 g/mol. The minimum Gasteiger partial charge on any atom is -0.341 e. The van der Waals surface area contributed by atoms with Crippen LogP contribution in [0.15, 0.2) is 30.5 Å². The second-order valence-corrected chi connectivity index (χ2v) is 5.92. The summed E-state index contributed by atoms with van der Waals surface area (Å²) in [5.74, 6) is 0.987. The Morgan fingerprint density at radius 3 is 2.44 bits per heavy atom. The third-order valence-electron chi connectivity index (χ3n) is 3.70. The third kappa shape index (κ3) is 3.29. The molecule has 1 aromatic carbocycles. The van der Waals surface area contributed by atoms with Gasteiger partial charge in [-0.2, -0.15) is 0 Å². The van der Waals surface area contributed by atoms with E-state index in [-0.39, 0.29) is 17.1 Å². The van der Waals surface area contributed by atoms with Crippen molar-refractivity contribution in [3.63, 3.8) is 0 Å². The third-order valence-corrected chi connectivity index (χ3v) is 3.95. The van der Waals surface area contributed by atoms with Crippen molar-refractivity contribution in [1.82, 2.24) is 19.9 Å². The van der Waals surface area contributed by atoms with Gasteiger partial charge in [-0.15, -0.1) is 0 Å². The first-order chi connectivity index (χ1) is 11.9. The average Bonchev–Trinajstić information content (AvgIpc) is 3.00. The van der Waals surface area contributed by atoms with Gasteiger partial charge < -0.3 is 9.88 Å². The Balaban J connectivity index is 2.14. The molecule has 1 N–H and O–H groups in total. The van der Waals surface area contributed by atoms with Crippen LogP contribution in [0.25, 0.3) is 11.4 Å². The smallest absolute Gasteiger partial charge is 0.318 e. The van der Waals surface area contributed by atoms with E-state index in [1.54, 1.807) is 37.9 Å². The highest BCUT2D eigenvalue weighted by Crippen LogP contribution is 2.32. The van der Waals surface area contributed by atoms with Gasteiger partial charge in [0.1, 0.15) is 11.5 Å². The normalized spacial score (nSPS) is 10.7. The van der Waals surface area contributed by atoms with Crippen LogP contribution in [0.4, 0.5) is 17.3 Å². The van der Waals surface area contributed by atoms with E-state index in [2.05, 4.69) is 19.9 Å². The summed E-state index contributed by atoms with van der Waals surface area (Å²) >= 11 is 5.91. The molecule has 25 heavy (non-hydrogen) atoms. The zero-order valence-corrected chi connectivity index (χ0v) is 14.6. The highest BCUT2D eigenvalue weighted by atomic mass is 35.5. The summed E-state index contributed by atoms with van der Waals surface area (Å²) < 4.78 is 0. The molecule has 0 spiro atoms. The number of hydrogen-bond donors (Lipinski definition) is 1. The maximum Gasteiger partial charge on any atom is 0.318 e. The molecule has 8 nitrogen and oxygen atoms in total. The zero-order chi connectivity index (χ0) is 18.1. The molecule has 0 saturated heterocycles. The number of halogens is 1. The number of nitrogens with zero attached hydrogens (tertiary/aromatic N) is 5. The molecule has 0 unspecified atom stereocenters. The maximum absolute atomic E-state index is 11.5. The first kappa shape index (κ1) is 16.8. The summed E-state index contributed by atoms with van der Waals surface area (Å²) in [6, 6.07) is 7.15. The monoisotopic (exact) mass is 358 g/mol. The summed E-state index contributed by atoms with van der Waals surface area (Å²) in [4.78, 5) is 28.5. The molecule has 0 saturated carbocycles. The van der Waals surface area contributed by atoms with E-state index in [1.165, 1.54) is 6.20 Å². The van der Waals surface area contributed by atoms with Crippen LogP contribution in [0.5, 0.6) is 0 Å². The number of benzene rings is 1. The fraction of sp³-hybridized carbons (Fsp3) is 0.188. The lowest BCUT2D eigenvalue weighted by Gasteiger charge is -2.18. The minimum atomic E-state index is -0.479. The van der Waals surface area contributed by atoms with Crippen LogP contribution >= 0.6 is 11.6 Å². The van der Waals surface area contributed by atoms with Crippen molar-refractivity contribution < 1.29 is 4.92 Å². The molecule has 0 aliphatic rings. The second kappa shape index (κ2) is 6.48. The molecule has 3 rings (SSSR count). The van der Waals surface area contributed by atoms with Gasteiger partial charge in [0.15, 0.2) is 5.69 Å². The molecule has 2 heterocycles. The maximum atomic E-state index is 11.5. The van der Waals surface area contributed by atoms with Crippen LogP contribution in [0.1, 0.15) is 11.5 Å². The van der Waals surface area contributed by atoms with Crippen LogP contribution in [-0.4, -0.2) is 31.9 Å². The SMILES string of the molecule is Cc1ncc(-c2nc(N(C)c3ccc(Cl)cc3)nc(C)c2[N+](=O)[O-])[nH]1. The molecule has 0 radical (unpaired) electrons. The molecule has 128 valence electrons. The zero-order valence-electron chi connectivity index (χ0n) is 13.8. The van der Waals surface area contributed by atoms with Gasteiger partial charge in [-0.05, 0) is 38.1 Å². The molecule has 0 amide bonds. The molecule has 0 atom stereocenters. The van der Waals surface area contributed by atoms with Gasteiger partial charge in [-0.3, -0.25) is 10.1 Å². The highest BCUT2D eigenvalue weighted by molar-refractivity contribution is 6.30. The van der Waals surface area contributed by atoms with E-state index in [1.807, 2.05) is 12.1 Å². The number of imidazole rings is 1. The van der Waals surface area contributed by atoms with Gasteiger partial charge in [0, 0.05) is 17.8 Å². The Kier molecular flexibility index (Phi) is 4.37. The van der Waals surface area contributed by atoms with Gasteiger partial charge in [-0.1, -0.05) is 11.6 Å². The number of nitro groups is 1. The standard InChI is InChI=1S/C16H15ClN6O2/c1-9-15(23(24)25)14(13-8-18-10(2)20-13)21-16(19-9)22(3)12-6-4-11(17)5-7-12/h4-8H,1-3H3,(H,18,20). The van der Waals surface area contributed by atoms with E-state index in [9.17, 15) is 10.1 Å². The van der Waals surface area contributed by atoms with Crippen LogP contribution < -0.4 is 4.90 Å². The van der Waals surface area contributed by atoms with E-state index in [0.717, 1.165) is 5.69 Å². The fourth-order valence-electron chi connectivity index (χ4n) is 2.43. The number of aryl methyl sites for hydroxylation is 2. The average molecular weight is 359 g/mol. The van der Waals surface area contributed by atoms with Crippen molar-refractivity contribution in [3.05, 3.63) is 57.1 Å². The van der Waals surface area contributed by atoms with E-state index >= 15 is 0 Å². The van der Waals surface area contributed by atoms with Gasteiger partial charge in [-0.25, -0.2) is 15.0 Å². The summed E-state index contributed by atoms with van der Waals surface area (Å²) in [7, 11) is 1.78. The molecule has 0 fully saturated rings. The predicted octanol–water partition coefficient (Wildman–Crippen LogP) is 3.81. The van der Waals surface area contributed by atoms with Crippen molar-refractivity contribution in [2.24, 2.45) is 0 Å². The Labute approximate surface area is 148 Å². The molecular formula is C16H15ClN6O2. The number of anilines is 2. The van der Waals surface area contributed by atoms with E-state index < -0.39 is 4.92 Å². The predicted molar refractivity (Wildman–Crippen MR) is 95.3 cm³/mol. The molecule has 0 aliphatic carbocycles. The number of aromatic nitrogens is 4. The van der Waals surface area contributed by atoms with Crippen molar-refractivity contribution >= 4 is 28.9 Å². The van der Waals surface area contributed by atoms with Gasteiger partial charge in [0.05, 0.1) is 16.8 Å². The lowest BCUT2D eigenvalue weighted by atomic mass is 10.2. The summed E-state index contributed by atoms with van der Waals surface area (Å²) in [5, 5.41) is 12.1. The summed E-state index contributed by atoms with van der Waals surface area (Å²) in [5.41, 5.74) is 1.62. The van der Waals surface area contributed by atoms with Crippen LogP contribution in [0.3, 0.4) is 0 Å². The van der Waals surface area contributed by atoms with Crippen LogP contribution in [-0.2, 0) is 0 Å². The highest BCUT2D eigenvalue weighted by Gasteiger charge is 2.25. The van der Waals surface area contributed by atoms with E-state index in [4.69, 9.17) is 11.6 Å². The van der Waals surface area contributed by atoms with Crippen molar-refractivity contribution in [1.29, 1.82) is 0 Å². The number of aromatic amines is 1. The van der Waals surface area contributed by atoms with E-state index in [0.29, 0.717) is 22.5 Å². The summed E-state index contributed by atoms with van der Waals surface area (Å²) in [6.07, 6.45) is 1.52. The fourth-order valence-corrected chi connectivity index (χ4v) is 2.56. The molecule has 2 aromatic heterocycles. The molecule has 0 bridgehead atoms. The number of nitrogens with one attached hydrogen (secondary N) is 1. The number of H-pyrrole nitrogens is 1. The quantitative estimate of drug-likeness (QED) is 0.562. The largest absolute Gasteiger partial charge is 0.341 e. The Morgan fingerprint density at radius 2 is 1.88 bits per heavy atom. The number of rotatable bonds is 4. The lowest BCUT2D eigenvalue weighted by Crippen LogP contribution is -2.15. The first-order valence-electron chi connectivity index (χ1n) is 7.41. The second-order valence-electron chi connectivity index (χ2n) is 5.48. The van der Waals surface area contributed by atoms with Gasteiger partial charge >= 0.3 is 5.69 Å². The van der Waals surface area contributed by atoms with Gasteiger partial charge in [0.25, 0.3) is 0 Å². The minimum absolute atomic E-state index is 0.142. The Bertz CT molecular complexity index is 938. The summed E-state index contributed by atoms with van der Waals surface area (Å²) in [6.45, 7) is 3.36. The Morgan fingerprint density at radius 1 is 1.20 bits per heavy atom. The molecule has 0 aliphatic heterocycles. The Hall–Kier alpha value is -3.00. The van der Waals surface area contributed by atoms with Crippen LogP contribution in [0.2, 0.25) is 5.02 Å². The topological polar surface area (TPSA) is 101 Å². The lowest BCUT2D eigenvalue weighted by molar-refractivity contribution is -0.385. The van der Waals surface area contributed by atoms with Crippen molar-refractivity contribution in [2.45, 2.75) is 13.8 Å². The van der Waals surface area contributed by atoms with Gasteiger partial charge in [0.2, 0.25) is 5.95 Å². The molecule has 9 heteroatoms. The van der Waals surface area contributed by atoms with Crippen molar-refractivity contribution in [3.8, 4) is 11.4 Å². The molecule has 3 aromatic rings. The van der Waals surface area contributed by atoms with Crippen molar-refractivity contribution in [2.75, 3.05) is 11.9 Å². The van der Waals surface area contributed by atoms with Crippen LogP contribution in [0, 0.1) is 24.0 Å². The number of hydrogen-bond acceptors (Lipinski definition) is 6.